The summed E-state index contributed by atoms with van der Waals surface area (Å²) in [6.07, 6.45) is -11.8. The molecule has 148 heavy (non-hydrogen) atoms. The Kier molecular flexibility index (Phi) is 32.0. The van der Waals surface area contributed by atoms with Crippen LogP contribution in [0.3, 0.4) is 0 Å². The summed E-state index contributed by atoms with van der Waals surface area (Å²) in [5.41, 5.74) is 35.7. The van der Waals surface area contributed by atoms with E-state index >= 15 is 4.57 Å². The minimum atomic E-state index is -4.75. The van der Waals surface area contributed by atoms with E-state index in [-0.39, 0.29) is 130 Å². The van der Waals surface area contributed by atoms with E-state index in [4.69, 9.17) is 202 Å². The van der Waals surface area contributed by atoms with Crippen molar-refractivity contribution >= 4 is 221 Å². The molecule has 28 atom stereocenters. The molecule has 0 amide bonds. The number of rotatable bonds is 41. The van der Waals surface area contributed by atoms with Crippen LogP contribution < -0.4 is 56.9 Å². The number of aromatic amines is 2. The molecule has 7 aliphatic heterocycles. The zero-order valence-corrected chi connectivity index (χ0v) is 89.1. The molecule has 7 unspecified atom stereocenters. The van der Waals surface area contributed by atoms with E-state index in [9.17, 15) is 48.5 Å². The summed E-state index contributed by atoms with van der Waals surface area (Å²) < 4.78 is 154. The van der Waals surface area contributed by atoms with Crippen molar-refractivity contribution in [3.8, 4) is 0 Å². The van der Waals surface area contributed by atoms with Gasteiger partial charge in [-0.2, -0.15) is 9.97 Å². The van der Waals surface area contributed by atoms with Gasteiger partial charge < -0.3 is 151 Å². The molecule has 0 saturated carbocycles. The number of hydrogen-bond donors (Lipinski definition) is 15. The first-order valence-electron chi connectivity index (χ1n) is 44.4. The van der Waals surface area contributed by atoms with E-state index in [1.54, 1.807) is 11.5 Å². The van der Waals surface area contributed by atoms with Crippen molar-refractivity contribution in [1.29, 1.82) is 0 Å². The summed E-state index contributed by atoms with van der Waals surface area (Å²) in [5.74, 6) is -0.110. The number of H-pyrrole nitrogens is 2. The van der Waals surface area contributed by atoms with Crippen LogP contribution >= 0.6 is 59.4 Å². The highest BCUT2D eigenvalue weighted by atomic mass is 32.7. The summed E-state index contributed by atoms with van der Waals surface area (Å²) in [7, 11) is 1.13. The second-order valence-electron chi connectivity index (χ2n) is 34.3. The van der Waals surface area contributed by atoms with E-state index in [1.807, 2.05) is 6.92 Å². The molecule has 0 aliphatic carbocycles. The fourth-order valence-electron chi connectivity index (χ4n) is 17.6. The van der Waals surface area contributed by atoms with Crippen LogP contribution in [-0.2, 0) is 172 Å². The SMILES string of the molecule is CC[C@H]1O[C@@H](n2cnc3c(N)ncnc32)C[C@H]1OP(O)(=S)OC[C@H]1O[C@@H](n2cnc3c(N)ncnc32)C[C@H]1OP(=O)(S)OC[C@H]1O[C@@H](n2cnc3c(N)ncnc32)C[C@H]1OP(O)(=S)OC[C@H]1O[C@@H](n2cc(C)c(=O)[nH]c2=O)C[C@H]1OP(O)(=S)OC[C@H]1O[C@@H](n2cc(C)c(N)nc2=O)C[C@H]1OP(O)(=S)OC[C@H]1O[C@@H](n2cnc3c(N)ncnc32)C[C@H]1OP(O)(=S)OC[C@H]1O[C@@H](n2cnc3c(=O)[nH]c(N)nc32)C[C@H]1OP(O)(=S)OC. The molecule has 0 aromatic carbocycles. The Hall–Kier alpha value is -7.69. The highest BCUT2D eigenvalue weighted by Gasteiger charge is 2.52. The minimum Gasteiger partial charge on any atom is -0.383 e. The number of nitrogens with one attached hydrogen (secondary N) is 2. The maximum absolute atomic E-state index is 15.0. The zero-order valence-electron chi connectivity index (χ0n) is 77.0. The largest absolute Gasteiger partial charge is 0.386 e. The Morgan fingerprint density at radius 1 is 0.358 bits per heavy atom. The molecule has 7 fully saturated rings. The molecule has 76 heteroatoms. The van der Waals surface area contributed by atoms with Crippen molar-refractivity contribution in [3.05, 3.63) is 122 Å². The first kappa shape index (κ1) is 109. The number of aromatic nitrogens is 24. The summed E-state index contributed by atoms with van der Waals surface area (Å²) in [4.78, 5) is 193. The first-order chi connectivity index (χ1) is 70.2. The molecular weight excluding hydrogens is 2240 g/mol. The smallest absolute Gasteiger partial charge is 0.383 e. The summed E-state index contributed by atoms with van der Waals surface area (Å²) in [6.45, 7) is -30.9. The lowest BCUT2D eigenvalue weighted by Crippen LogP contribution is -2.33. The van der Waals surface area contributed by atoms with Gasteiger partial charge >= 0.3 is 58.5 Å². The van der Waals surface area contributed by atoms with E-state index in [0.29, 0.717) is 23.1 Å². The predicted octanol–water partition coefficient (Wildman–Crippen LogP) is 2.60. The second-order valence-corrected chi connectivity index (χ2v) is 54.0. The lowest BCUT2D eigenvalue weighted by atomic mass is 10.1. The first-order valence-corrected chi connectivity index (χ1v) is 62.6. The Morgan fingerprint density at radius 3 is 0.980 bits per heavy atom. The average Bonchev–Trinajstić information content (AvgIpc) is 1.64. The van der Waals surface area contributed by atoms with Crippen LogP contribution in [0.25, 0.3) is 55.8 Å². The minimum absolute atomic E-state index is 0.00698. The second kappa shape index (κ2) is 43.6. The molecule has 800 valence electrons. The normalized spacial score (nSPS) is 29.3. The standard InChI is InChI=1S/C72H93N30O32P7S7/c1-5-32-33(6-48(121-32)98-25-87-53-59(74)79-21-83-63(53)98)129-136(108,143)115-18-43-37(10-49(124-43)99-26-88-54-60(75)80-22-84-64(54)99)134-141(113,148)120-20-45-39(12-51(126-45)101-28-90-56-62(77)82-24-86-66(56)101)133-140(112,147)118-17-42-36(8-47(123-42)97-14-31(3)68(103)95-72(97)106)131-137(109,144)117-16-41-35(7-46(122-41)96-13-30(2)58(73)92-71(96)105)130-138(110,145)119-19-44-38(11-50(125-44)100-27-89-55-61(76)81-23-85-65(55)100)132-139(111,146)116-15-40-34(128-135(107,142)114-4)9-52(127-40)102-29-91-57-67(102)93-70(78)94-69(57)104/h13-14,21-29,32-52H,5-12,15-20H2,1-4H3,(H,107,142)(H,108,143)(H,109,144)(H,110,145)(H,111,146)(H,112,147)(H,113,148)(H2,73,92,105)(H2,74,79,83)(H2,75,80,84)(H2,76,81,85)(H2,77,82,86)(H,95,103,106)(H3,78,93,94,104)/t32-,33-,34-,35-,36-,37-,38-,39-,40-,41-,42-,43-,44-,45-,46-,47-,48-,49-,50-,51-,52-,135?,136?,137?,138?,139?,140?,141?/m1/s1. The highest BCUT2D eigenvalue weighted by molar-refractivity contribution is 8.44. The number of thiol groups is 1. The van der Waals surface area contributed by atoms with Gasteiger partial charge in [-0.25, -0.2) is 78.9 Å². The van der Waals surface area contributed by atoms with Crippen molar-refractivity contribution < 1.29 is 130 Å². The lowest BCUT2D eigenvalue weighted by Gasteiger charge is -2.28. The van der Waals surface area contributed by atoms with Crippen LogP contribution in [0.4, 0.5) is 35.0 Å². The quantitative estimate of drug-likeness (QED) is 0.0193. The predicted molar refractivity (Wildman–Crippen MR) is 538 cm³/mol. The molecule has 0 spiro atoms. The molecule has 19 heterocycles. The summed E-state index contributed by atoms with van der Waals surface area (Å²) in [5, 5.41) is 0. The van der Waals surface area contributed by atoms with Crippen molar-refractivity contribution in [3.63, 3.8) is 0 Å². The zero-order chi connectivity index (χ0) is 105. The van der Waals surface area contributed by atoms with Gasteiger partial charge in [0.2, 0.25) is 5.95 Å². The van der Waals surface area contributed by atoms with E-state index in [2.05, 4.69) is 97.0 Å². The number of anilines is 6. The third-order valence-corrected chi connectivity index (χ3v) is 36.0. The number of aryl methyl sites for hydroxylation is 2. The van der Waals surface area contributed by atoms with Gasteiger partial charge in [-0.3, -0.25) is 60.6 Å². The van der Waals surface area contributed by atoms with Gasteiger partial charge in [0.15, 0.2) is 57.0 Å². The molecule has 12 aromatic rings. The molecule has 12 aromatic heterocycles. The topological polar surface area (TPSA) is 816 Å². The maximum Gasteiger partial charge on any atom is 0.386 e. The third-order valence-electron chi connectivity index (χ3n) is 24.7. The third kappa shape index (κ3) is 24.0. The molecule has 0 bridgehead atoms. The molecule has 62 nitrogen and oxygen atoms in total. The molecule has 19 rings (SSSR count). The van der Waals surface area contributed by atoms with E-state index < -0.39 is 238 Å². The number of nitrogens with zero attached hydrogens (tertiary/aromatic N) is 22. The Labute approximate surface area is 867 Å². The van der Waals surface area contributed by atoms with Crippen molar-refractivity contribution in [2.24, 2.45) is 0 Å². The Bertz CT molecular complexity index is 7680. The van der Waals surface area contributed by atoms with Crippen LogP contribution in [0.5, 0.6) is 0 Å². The van der Waals surface area contributed by atoms with Crippen molar-refractivity contribution in [2.45, 2.75) is 201 Å². The highest BCUT2D eigenvalue weighted by Crippen LogP contribution is 2.61. The molecule has 7 aliphatic rings. The Morgan fingerprint density at radius 2 is 0.642 bits per heavy atom. The number of hydrogen-bond acceptors (Lipinski definition) is 53. The number of imidazole rings is 5. The van der Waals surface area contributed by atoms with Crippen molar-refractivity contribution in [2.75, 3.05) is 81.2 Å². The number of fused-ring (bicyclic) bond motifs is 5. The molecule has 7 saturated heterocycles. The average molecular weight is 2330 g/mol. The number of nitrogen functional groups attached to an aromatic ring is 6. The molecule has 20 N–H and O–H groups in total. The van der Waals surface area contributed by atoms with E-state index in [1.165, 1.54) is 94.5 Å². The van der Waals surface area contributed by atoms with Crippen LogP contribution in [-0.4, -0.2) is 278 Å². The van der Waals surface area contributed by atoms with Gasteiger partial charge in [-0.15, -0.1) is 0 Å². The van der Waals surface area contributed by atoms with Gasteiger partial charge in [-0.05, 0) is 91.1 Å². The maximum atomic E-state index is 15.0. The molecular formula is C72H93N30O32P7S7. The Balaban J connectivity index is 0.535. The molecule has 0 radical (unpaired) electrons. The van der Waals surface area contributed by atoms with Gasteiger partial charge in [0.1, 0.15) is 140 Å². The van der Waals surface area contributed by atoms with E-state index in [0.717, 1.165) is 16.2 Å². The van der Waals surface area contributed by atoms with Gasteiger partial charge in [0.25, 0.3) is 11.1 Å². The number of nitrogens with two attached hydrogens (primary N) is 6. The fraction of sp³-hybridized carbons (Fsp3) is 0.542. The van der Waals surface area contributed by atoms with Crippen molar-refractivity contribution in [1.82, 2.24) is 117 Å². The van der Waals surface area contributed by atoms with Gasteiger partial charge in [0, 0.05) is 75.6 Å². The van der Waals surface area contributed by atoms with Gasteiger partial charge in [-0.1, -0.05) is 19.2 Å². The van der Waals surface area contributed by atoms with Crippen LogP contribution in [0.15, 0.2) is 88.5 Å². The van der Waals surface area contributed by atoms with Crippen LogP contribution in [0, 0.1) is 13.8 Å². The fourth-order valence-corrected chi connectivity index (χ4v) is 27.5. The van der Waals surface area contributed by atoms with Gasteiger partial charge in [0.05, 0.1) is 114 Å². The lowest BCUT2D eigenvalue weighted by molar-refractivity contribution is -0.0570. The summed E-state index contributed by atoms with van der Waals surface area (Å²) in [6, 6.07) is 0. The monoisotopic (exact) mass is 2330 g/mol. The van der Waals surface area contributed by atoms with Crippen LogP contribution in [0.2, 0.25) is 0 Å². The van der Waals surface area contributed by atoms with Crippen LogP contribution in [0.1, 0.15) is 113 Å². The number of ether oxygens (including phenoxy) is 7. The summed E-state index contributed by atoms with van der Waals surface area (Å²) >= 11 is 38.1.